The molecule has 0 amide bonds. The van der Waals surface area contributed by atoms with Crippen LogP contribution in [0.15, 0.2) is 48.5 Å². The van der Waals surface area contributed by atoms with Gasteiger partial charge in [0.1, 0.15) is 18.0 Å². The Bertz CT molecular complexity index is 710. The van der Waals surface area contributed by atoms with Gasteiger partial charge in [0.25, 0.3) is 0 Å². The van der Waals surface area contributed by atoms with Gasteiger partial charge in [0.2, 0.25) is 0 Å². The summed E-state index contributed by atoms with van der Waals surface area (Å²) in [6, 6.07) is 16.9. The SMILES string of the molecule is N#Cc1ccc(CN2CC[C@@H](Oc3ccc(Cl)cc3)[C@H](O)C2)cc1. The van der Waals surface area contributed by atoms with Crippen molar-refractivity contribution in [2.75, 3.05) is 13.1 Å². The van der Waals surface area contributed by atoms with Gasteiger partial charge in [0, 0.05) is 24.7 Å². The minimum absolute atomic E-state index is 0.205. The Labute approximate surface area is 146 Å². The smallest absolute Gasteiger partial charge is 0.127 e. The van der Waals surface area contributed by atoms with Crippen LogP contribution in [0, 0.1) is 11.3 Å². The van der Waals surface area contributed by atoms with E-state index in [-0.39, 0.29) is 6.10 Å². The van der Waals surface area contributed by atoms with Crippen LogP contribution < -0.4 is 4.74 Å². The van der Waals surface area contributed by atoms with Crippen molar-refractivity contribution in [2.45, 2.75) is 25.2 Å². The molecule has 3 rings (SSSR count). The number of nitriles is 1. The normalized spacial score (nSPS) is 21.2. The number of benzene rings is 2. The molecule has 124 valence electrons. The molecular weight excluding hydrogens is 324 g/mol. The lowest BCUT2D eigenvalue weighted by Gasteiger charge is -2.36. The molecular formula is C19H19ClN2O2. The molecule has 0 saturated carbocycles. The number of aliphatic hydroxyl groups excluding tert-OH is 1. The molecule has 2 aromatic rings. The second-order valence-corrected chi connectivity index (χ2v) is 6.45. The highest BCUT2D eigenvalue weighted by Gasteiger charge is 2.29. The minimum Gasteiger partial charge on any atom is -0.488 e. The highest BCUT2D eigenvalue weighted by Crippen LogP contribution is 2.22. The fourth-order valence-corrected chi connectivity index (χ4v) is 3.01. The van der Waals surface area contributed by atoms with Crippen molar-refractivity contribution >= 4 is 11.6 Å². The van der Waals surface area contributed by atoms with E-state index in [0.717, 1.165) is 30.8 Å². The Hall–Kier alpha value is -2.06. The summed E-state index contributed by atoms with van der Waals surface area (Å²) in [5, 5.41) is 19.9. The van der Waals surface area contributed by atoms with Crippen LogP contribution in [-0.2, 0) is 6.54 Å². The zero-order chi connectivity index (χ0) is 16.9. The first-order valence-electron chi connectivity index (χ1n) is 7.96. The van der Waals surface area contributed by atoms with Gasteiger partial charge in [0.05, 0.1) is 11.6 Å². The minimum atomic E-state index is -0.534. The fourth-order valence-electron chi connectivity index (χ4n) is 2.89. The van der Waals surface area contributed by atoms with Gasteiger partial charge < -0.3 is 9.84 Å². The van der Waals surface area contributed by atoms with Crippen molar-refractivity contribution in [3.63, 3.8) is 0 Å². The molecule has 4 nitrogen and oxygen atoms in total. The maximum atomic E-state index is 10.4. The first-order chi connectivity index (χ1) is 11.6. The van der Waals surface area contributed by atoms with Crippen LogP contribution in [0.4, 0.5) is 0 Å². The number of ether oxygens (including phenoxy) is 1. The fraction of sp³-hybridized carbons (Fsp3) is 0.316. The van der Waals surface area contributed by atoms with E-state index in [9.17, 15) is 5.11 Å². The van der Waals surface area contributed by atoms with Gasteiger partial charge in [-0.05, 0) is 48.4 Å². The molecule has 1 fully saturated rings. The highest BCUT2D eigenvalue weighted by atomic mass is 35.5. The Morgan fingerprint density at radius 3 is 2.50 bits per heavy atom. The predicted molar refractivity (Wildman–Crippen MR) is 92.9 cm³/mol. The van der Waals surface area contributed by atoms with Crippen LogP contribution in [0.3, 0.4) is 0 Å². The topological polar surface area (TPSA) is 56.5 Å². The second kappa shape index (κ2) is 7.67. The molecule has 1 aliphatic rings. The highest BCUT2D eigenvalue weighted by molar-refractivity contribution is 6.30. The maximum absolute atomic E-state index is 10.4. The summed E-state index contributed by atoms with van der Waals surface area (Å²) in [4.78, 5) is 2.20. The third-order valence-corrected chi connectivity index (χ3v) is 4.45. The number of hydrogen-bond acceptors (Lipinski definition) is 4. The van der Waals surface area contributed by atoms with Crippen LogP contribution in [0.2, 0.25) is 5.02 Å². The van der Waals surface area contributed by atoms with Gasteiger partial charge in [-0.2, -0.15) is 5.26 Å². The summed E-state index contributed by atoms with van der Waals surface area (Å²) in [6.45, 7) is 2.18. The van der Waals surface area contributed by atoms with Gasteiger partial charge in [0.15, 0.2) is 0 Å². The number of hydrogen-bond donors (Lipinski definition) is 1. The van der Waals surface area contributed by atoms with Crippen molar-refractivity contribution in [3.05, 3.63) is 64.7 Å². The summed E-state index contributed by atoms with van der Waals surface area (Å²) in [6.07, 6.45) is 0.0243. The van der Waals surface area contributed by atoms with Gasteiger partial charge in [-0.15, -0.1) is 0 Å². The van der Waals surface area contributed by atoms with Crippen molar-refractivity contribution in [1.82, 2.24) is 4.90 Å². The molecule has 5 heteroatoms. The van der Waals surface area contributed by atoms with E-state index in [4.69, 9.17) is 21.6 Å². The van der Waals surface area contributed by atoms with E-state index in [1.165, 1.54) is 0 Å². The molecule has 1 saturated heterocycles. The van der Waals surface area contributed by atoms with E-state index in [2.05, 4.69) is 11.0 Å². The van der Waals surface area contributed by atoms with Gasteiger partial charge in [-0.3, -0.25) is 4.90 Å². The number of likely N-dealkylation sites (tertiary alicyclic amines) is 1. The summed E-state index contributed by atoms with van der Waals surface area (Å²) >= 11 is 5.87. The predicted octanol–water partition coefficient (Wildman–Crippen LogP) is 3.23. The molecule has 24 heavy (non-hydrogen) atoms. The average molecular weight is 343 g/mol. The molecule has 1 aliphatic heterocycles. The van der Waals surface area contributed by atoms with Crippen molar-refractivity contribution in [1.29, 1.82) is 5.26 Å². The third-order valence-electron chi connectivity index (χ3n) is 4.19. The third kappa shape index (κ3) is 4.27. The Morgan fingerprint density at radius 2 is 1.88 bits per heavy atom. The Balaban J connectivity index is 1.54. The van der Waals surface area contributed by atoms with Gasteiger partial charge >= 0.3 is 0 Å². The first kappa shape index (κ1) is 16.8. The summed E-state index contributed by atoms with van der Waals surface area (Å²) in [5.74, 6) is 0.726. The van der Waals surface area contributed by atoms with E-state index in [1.807, 2.05) is 36.4 Å². The van der Waals surface area contributed by atoms with Gasteiger partial charge in [-0.1, -0.05) is 23.7 Å². The lowest BCUT2D eigenvalue weighted by atomic mass is 10.0. The number of halogens is 1. The van der Waals surface area contributed by atoms with Crippen LogP contribution in [0.1, 0.15) is 17.5 Å². The summed E-state index contributed by atoms with van der Waals surface area (Å²) in [7, 11) is 0. The number of aliphatic hydroxyl groups is 1. The molecule has 0 bridgehead atoms. The van der Waals surface area contributed by atoms with E-state index >= 15 is 0 Å². The van der Waals surface area contributed by atoms with Crippen molar-refractivity contribution < 1.29 is 9.84 Å². The van der Waals surface area contributed by atoms with E-state index in [1.54, 1.807) is 12.1 Å². The number of β-amino-alcohol motifs (C(OH)–C–C–N with tert-alkyl or cyclic N) is 1. The average Bonchev–Trinajstić information content (AvgIpc) is 2.60. The van der Waals surface area contributed by atoms with Crippen LogP contribution >= 0.6 is 11.6 Å². The van der Waals surface area contributed by atoms with Crippen LogP contribution in [0.25, 0.3) is 0 Å². The molecule has 0 aromatic heterocycles. The molecule has 0 radical (unpaired) electrons. The maximum Gasteiger partial charge on any atom is 0.127 e. The molecule has 1 N–H and O–H groups in total. The van der Waals surface area contributed by atoms with E-state index < -0.39 is 6.10 Å². The largest absolute Gasteiger partial charge is 0.488 e. The molecule has 2 aromatic carbocycles. The quantitative estimate of drug-likeness (QED) is 0.926. The van der Waals surface area contributed by atoms with Crippen LogP contribution in [-0.4, -0.2) is 35.3 Å². The van der Waals surface area contributed by atoms with Gasteiger partial charge in [-0.25, -0.2) is 0 Å². The number of rotatable bonds is 4. The Morgan fingerprint density at radius 1 is 1.17 bits per heavy atom. The monoisotopic (exact) mass is 342 g/mol. The zero-order valence-electron chi connectivity index (χ0n) is 13.2. The van der Waals surface area contributed by atoms with E-state index in [0.29, 0.717) is 17.1 Å². The zero-order valence-corrected chi connectivity index (χ0v) is 14.0. The van der Waals surface area contributed by atoms with Crippen LogP contribution in [0.5, 0.6) is 5.75 Å². The Kier molecular flexibility index (Phi) is 5.37. The summed E-state index contributed by atoms with van der Waals surface area (Å²) < 4.78 is 5.88. The molecule has 0 spiro atoms. The number of nitrogens with zero attached hydrogens (tertiary/aromatic N) is 2. The molecule has 0 unspecified atom stereocenters. The van der Waals surface area contributed by atoms with Crippen molar-refractivity contribution in [3.8, 4) is 11.8 Å². The molecule has 2 atom stereocenters. The van der Waals surface area contributed by atoms with Crippen molar-refractivity contribution in [2.24, 2.45) is 0 Å². The standard InChI is InChI=1S/C19H19ClN2O2/c20-16-5-7-17(8-6-16)24-19-9-10-22(13-18(19)23)12-15-3-1-14(11-21)2-4-15/h1-8,18-19,23H,9-10,12-13H2/t18-,19-/m1/s1. The second-order valence-electron chi connectivity index (χ2n) is 6.01. The molecule has 0 aliphatic carbocycles. The summed E-state index contributed by atoms with van der Waals surface area (Å²) in [5.41, 5.74) is 1.80. The molecule has 1 heterocycles. The first-order valence-corrected chi connectivity index (χ1v) is 8.33. The lowest BCUT2D eigenvalue weighted by molar-refractivity contribution is -0.0274. The lowest BCUT2D eigenvalue weighted by Crippen LogP contribution is -2.48. The number of piperidine rings is 1.